The van der Waals surface area contributed by atoms with E-state index in [1.165, 1.54) is 5.56 Å². The fourth-order valence-corrected chi connectivity index (χ4v) is 4.68. The minimum absolute atomic E-state index is 0.0469. The molecule has 0 heterocycles. The van der Waals surface area contributed by atoms with Crippen molar-refractivity contribution >= 4 is 5.97 Å². The molecule has 172 valence electrons. The normalized spacial score (nSPS) is 12.8. The van der Waals surface area contributed by atoms with Crippen molar-refractivity contribution in [1.82, 2.24) is 0 Å². The predicted molar refractivity (Wildman–Crippen MR) is 137 cm³/mol. The van der Waals surface area contributed by atoms with Crippen LogP contribution >= 0.6 is 0 Å². The molecule has 0 bridgehead atoms. The summed E-state index contributed by atoms with van der Waals surface area (Å²) in [6.07, 6.45) is 1.35. The lowest BCUT2D eigenvalue weighted by Crippen LogP contribution is -2.10. The van der Waals surface area contributed by atoms with Crippen LogP contribution in [0.2, 0.25) is 0 Å². The molecule has 0 radical (unpaired) electrons. The Hall–Kier alpha value is -3.85. The van der Waals surface area contributed by atoms with Gasteiger partial charge in [0.05, 0.1) is 0 Å². The van der Waals surface area contributed by atoms with Crippen molar-refractivity contribution in [2.24, 2.45) is 0 Å². The Morgan fingerprint density at radius 2 is 1.41 bits per heavy atom. The lowest BCUT2D eigenvalue weighted by Gasteiger charge is -2.25. The van der Waals surface area contributed by atoms with Crippen molar-refractivity contribution < 1.29 is 15.0 Å². The number of carboxylic acids is 1. The number of rotatable bonds is 8. The fraction of sp³-hybridized carbons (Fsp3) is 0.194. The van der Waals surface area contributed by atoms with Crippen LogP contribution in [0.5, 0.6) is 5.75 Å². The van der Waals surface area contributed by atoms with Gasteiger partial charge in [-0.2, -0.15) is 0 Å². The third-order valence-corrected chi connectivity index (χ3v) is 6.62. The minimum Gasteiger partial charge on any atom is -0.507 e. The summed E-state index contributed by atoms with van der Waals surface area (Å²) in [5.74, 6) is -1.19. The van der Waals surface area contributed by atoms with Gasteiger partial charge in [0.2, 0.25) is 0 Å². The molecule has 0 fully saturated rings. The minimum atomic E-state index is -1.12. The Balaban J connectivity index is 1.81. The number of aromatic carboxylic acids is 1. The highest BCUT2D eigenvalue weighted by atomic mass is 16.4. The maximum atomic E-state index is 12.1. The molecule has 0 saturated heterocycles. The van der Waals surface area contributed by atoms with Crippen LogP contribution in [0.4, 0.5) is 0 Å². The van der Waals surface area contributed by atoms with E-state index in [4.69, 9.17) is 0 Å². The Morgan fingerprint density at radius 1 is 0.824 bits per heavy atom. The topological polar surface area (TPSA) is 57.5 Å². The molecule has 3 heteroatoms. The van der Waals surface area contributed by atoms with E-state index in [-0.39, 0.29) is 23.1 Å². The molecule has 0 amide bonds. The lowest BCUT2D eigenvalue weighted by molar-refractivity contribution is 0.0693. The lowest BCUT2D eigenvalue weighted by atomic mass is 9.80. The average molecular weight is 451 g/mol. The van der Waals surface area contributed by atoms with Crippen LogP contribution in [-0.2, 0) is 6.42 Å². The van der Waals surface area contributed by atoms with Gasteiger partial charge in [-0.3, -0.25) is 0 Å². The first-order chi connectivity index (χ1) is 16.4. The molecule has 2 unspecified atom stereocenters. The Labute approximate surface area is 201 Å². The van der Waals surface area contributed by atoms with Crippen LogP contribution < -0.4 is 0 Å². The van der Waals surface area contributed by atoms with Crippen molar-refractivity contribution in [2.45, 2.75) is 38.5 Å². The van der Waals surface area contributed by atoms with Crippen LogP contribution in [0.3, 0.4) is 0 Å². The summed E-state index contributed by atoms with van der Waals surface area (Å²) in [6, 6.07) is 32.1. The molecule has 0 spiro atoms. The maximum Gasteiger partial charge on any atom is 0.339 e. The van der Waals surface area contributed by atoms with Crippen molar-refractivity contribution in [3.63, 3.8) is 0 Å². The van der Waals surface area contributed by atoms with Crippen LogP contribution in [0.15, 0.2) is 97.1 Å². The summed E-state index contributed by atoms with van der Waals surface area (Å²) in [4.78, 5) is 12.1. The van der Waals surface area contributed by atoms with E-state index in [1.807, 2.05) is 54.6 Å². The van der Waals surface area contributed by atoms with Crippen molar-refractivity contribution in [1.29, 1.82) is 0 Å². The van der Waals surface area contributed by atoms with E-state index >= 15 is 0 Å². The molecule has 0 aromatic heterocycles. The maximum absolute atomic E-state index is 12.1. The standard InChI is InChI=1S/C31H30O3/c1-21-11-9-10-16-26(21)18-23-19-28(30(32)29(20-23)31(33)34)27(25-14-7-4-8-15-25)17-22(2)24-12-5-3-6-13-24/h3-16,19-20,22,27,32H,17-18H2,1-2H3,(H,33,34). The van der Waals surface area contributed by atoms with E-state index in [1.54, 1.807) is 6.07 Å². The molecule has 0 aliphatic rings. The second kappa shape index (κ2) is 10.4. The van der Waals surface area contributed by atoms with Crippen molar-refractivity contribution in [2.75, 3.05) is 0 Å². The van der Waals surface area contributed by atoms with Gasteiger partial charge in [0.15, 0.2) is 0 Å². The molecule has 4 aromatic rings. The summed E-state index contributed by atoms with van der Waals surface area (Å²) in [5.41, 5.74) is 6.08. The van der Waals surface area contributed by atoms with Crippen LogP contribution in [-0.4, -0.2) is 16.2 Å². The number of carboxylic acid groups (broad SMARTS) is 1. The number of aromatic hydroxyl groups is 1. The van der Waals surface area contributed by atoms with Gasteiger partial charge in [-0.15, -0.1) is 0 Å². The van der Waals surface area contributed by atoms with Crippen LogP contribution in [0, 0.1) is 6.92 Å². The number of hydrogen-bond donors (Lipinski definition) is 2. The molecule has 2 atom stereocenters. The van der Waals surface area contributed by atoms with E-state index in [0.29, 0.717) is 12.0 Å². The Kier molecular flexibility index (Phi) is 7.12. The molecule has 4 aromatic carbocycles. The average Bonchev–Trinajstić information content (AvgIpc) is 2.86. The summed E-state index contributed by atoms with van der Waals surface area (Å²) < 4.78 is 0. The molecule has 0 aliphatic carbocycles. The zero-order valence-corrected chi connectivity index (χ0v) is 19.6. The van der Waals surface area contributed by atoms with Crippen LogP contribution in [0.25, 0.3) is 0 Å². The molecule has 0 saturated carbocycles. The van der Waals surface area contributed by atoms with E-state index < -0.39 is 5.97 Å². The van der Waals surface area contributed by atoms with Gasteiger partial charge < -0.3 is 10.2 Å². The number of benzene rings is 4. The third-order valence-electron chi connectivity index (χ3n) is 6.62. The summed E-state index contributed by atoms with van der Waals surface area (Å²) in [6.45, 7) is 4.24. The SMILES string of the molecule is Cc1ccccc1Cc1cc(C(=O)O)c(O)c(C(CC(C)c2ccccc2)c2ccccc2)c1. The molecule has 2 N–H and O–H groups in total. The Bertz CT molecular complexity index is 1260. The van der Waals surface area contributed by atoms with Gasteiger partial charge in [-0.25, -0.2) is 4.79 Å². The molecular formula is C31H30O3. The first kappa shape index (κ1) is 23.3. The molecule has 34 heavy (non-hydrogen) atoms. The largest absolute Gasteiger partial charge is 0.507 e. The zero-order valence-electron chi connectivity index (χ0n) is 19.6. The molecule has 3 nitrogen and oxygen atoms in total. The van der Waals surface area contributed by atoms with E-state index in [2.05, 4.69) is 50.2 Å². The van der Waals surface area contributed by atoms with Gasteiger partial charge in [-0.05, 0) is 59.6 Å². The van der Waals surface area contributed by atoms with Gasteiger partial charge in [0.25, 0.3) is 0 Å². The number of phenols is 1. The smallest absolute Gasteiger partial charge is 0.339 e. The third kappa shape index (κ3) is 5.20. The highest BCUT2D eigenvalue weighted by molar-refractivity contribution is 5.91. The molecule has 4 rings (SSSR count). The first-order valence-electron chi connectivity index (χ1n) is 11.7. The fourth-order valence-electron chi connectivity index (χ4n) is 4.68. The summed E-state index contributed by atoms with van der Waals surface area (Å²) in [7, 11) is 0. The Morgan fingerprint density at radius 3 is 2.03 bits per heavy atom. The number of carbonyl (C=O) groups is 1. The van der Waals surface area contributed by atoms with Gasteiger partial charge >= 0.3 is 5.97 Å². The molecular weight excluding hydrogens is 420 g/mol. The van der Waals surface area contributed by atoms with Crippen molar-refractivity contribution in [3.05, 3.63) is 136 Å². The second-order valence-corrected chi connectivity index (χ2v) is 9.00. The zero-order chi connectivity index (χ0) is 24.1. The van der Waals surface area contributed by atoms with Crippen molar-refractivity contribution in [3.8, 4) is 5.75 Å². The monoisotopic (exact) mass is 450 g/mol. The molecule has 0 aliphatic heterocycles. The van der Waals surface area contributed by atoms with E-state index in [0.717, 1.165) is 28.7 Å². The van der Waals surface area contributed by atoms with Gasteiger partial charge in [0.1, 0.15) is 11.3 Å². The summed E-state index contributed by atoms with van der Waals surface area (Å²) in [5, 5.41) is 21.0. The predicted octanol–water partition coefficient (Wildman–Crippen LogP) is 7.32. The highest BCUT2D eigenvalue weighted by Crippen LogP contribution is 2.41. The van der Waals surface area contributed by atoms with Gasteiger partial charge in [0, 0.05) is 11.5 Å². The van der Waals surface area contributed by atoms with E-state index in [9.17, 15) is 15.0 Å². The number of hydrogen-bond acceptors (Lipinski definition) is 2. The highest BCUT2D eigenvalue weighted by Gasteiger charge is 2.25. The summed E-state index contributed by atoms with van der Waals surface area (Å²) >= 11 is 0. The van der Waals surface area contributed by atoms with Gasteiger partial charge in [-0.1, -0.05) is 97.9 Å². The number of aryl methyl sites for hydroxylation is 1. The van der Waals surface area contributed by atoms with Crippen LogP contribution in [0.1, 0.15) is 68.9 Å². The quantitative estimate of drug-likeness (QED) is 0.296. The second-order valence-electron chi connectivity index (χ2n) is 9.00. The first-order valence-corrected chi connectivity index (χ1v) is 11.7.